The Hall–Kier alpha value is -3.94. The van der Waals surface area contributed by atoms with Gasteiger partial charge in [0.25, 0.3) is 0 Å². The molecule has 0 fully saturated rings. The molecule has 2 atom stereocenters. The van der Waals surface area contributed by atoms with Crippen LogP contribution in [0.15, 0.2) is 48.8 Å². The van der Waals surface area contributed by atoms with E-state index >= 15 is 0 Å². The first-order valence-corrected chi connectivity index (χ1v) is 19.3. The summed E-state index contributed by atoms with van der Waals surface area (Å²) >= 11 is 0. The first-order valence-electron chi connectivity index (χ1n) is 16.4. The van der Waals surface area contributed by atoms with Gasteiger partial charge in [0.1, 0.15) is 22.8 Å². The lowest BCUT2D eigenvalue weighted by atomic mass is 9.96. The predicted molar refractivity (Wildman–Crippen MR) is 186 cm³/mol. The SMILES string of the molecule is CC(C)(C)OC(=O)N[C@@H]1C[C@H](c2c(CO)cccc2OC(F)F)n2c1nc1ccc(-c3cnc(C(C)(C)O[Si](C)(C)C(C)(C)C)nc3)cc12. The number of rotatable bonds is 9. The number of aliphatic hydroxyl groups is 1. The number of nitrogens with one attached hydrogen (secondary N) is 1. The lowest BCUT2D eigenvalue weighted by Gasteiger charge is -2.42. The van der Waals surface area contributed by atoms with Crippen molar-refractivity contribution in [2.24, 2.45) is 0 Å². The average Bonchev–Trinajstić information content (AvgIpc) is 3.52. The summed E-state index contributed by atoms with van der Waals surface area (Å²) in [4.78, 5) is 27.2. The van der Waals surface area contributed by atoms with Crippen molar-refractivity contribution >= 4 is 25.4 Å². The molecule has 0 bridgehead atoms. The molecule has 0 aliphatic carbocycles. The van der Waals surface area contributed by atoms with Crippen LogP contribution in [0.3, 0.4) is 0 Å². The lowest BCUT2D eigenvalue weighted by molar-refractivity contribution is -0.0508. The van der Waals surface area contributed by atoms with Crippen LogP contribution in [0.1, 0.15) is 96.7 Å². The third-order valence-electron chi connectivity index (χ3n) is 9.21. The molecule has 13 heteroatoms. The second-order valence-electron chi connectivity index (χ2n) is 15.5. The number of ether oxygens (including phenoxy) is 2. The number of halogens is 2. The van der Waals surface area contributed by atoms with Crippen LogP contribution in [0, 0.1) is 0 Å². The molecule has 1 aliphatic heterocycles. The second kappa shape index (κ2) is 13.1. The quantitative estimate of drug-likeness (QED) is 0.168. The van der Waals surface area contributed by atoms with Crippen molar-refractivity contribution < 1.29 is 32.6 Å². The number of carbonyl (C=O) groups is 1. The van der Waals surface area contributed by atoms with E-state index in [4.69, 9.17) is 28.9 Å². The molecule has 2 N–H and O–H groups in total. The maximum Gasteiger partial charge on any atom is 0.408 e. The monoisotopic (exact) mass is 695 g/mol. The van der Waals surface area contributed by atoms with Gasteiger partial charge in [-0.05, 0) is 82.1 Å². The normalized spacial score (nSPS) is 17.0. The number of hydrogen-bond acceptors (Lipinski definition) is 8. The molecule has 0 radical (unpaired) electrons. The molecule has 2 aromatic carbocycles. The number of imidazole rings is 1. The van der Waals surface area contributed by atoms with Crippen LogP contribution >= 0.6 is 0 Å². The van der Waals surface area contributed by atoms with E-state index in [9.17, 15) is 18.7 Å². The molecule has 5 rings (SSSR count). The zero-order chi connectivity index (χ0) is 36.1. The number of alkyl halides is 2. The Kier molecular flexibility index (Phi) is 9.69. The van der Waals surface area contributed by atoms with Crippen molar-refractivity contribution in [3.63, 3.8) is 0 Å². The number of nitrogens with zero attached hydrogens (tertiary/aromatic N) is 4. The molecule has 3 heterocycles. The van der Waals surface area contributed by atoms with Crippen LogP contribution in [0.25, 0.3) is 22.2 Å². The summed E-state index contributed by atoms with van der Waals surface area (Å²) in [5, 5.41) is 13.2. The standard InChI is InChI=1S/C36H47F2N5O5Si/c1-34(2,3)47-33(45)42-25-17-27(29-22(20-44)12-11-13-28(29)46-32(37)38)43-26-16-21(14-15-24(26)41-30(25)43)23-18-39-31(40-19-23)36(7,8)48-49(9,10)35(4,5)6/h11-16,18-19,25,27,32,44H,17,20H2,1-10H3,(H,42,45)/t25-,27-/m1/s1. The number of fused-ring (bicyclic) bond motifs is 3. The molecule has 2 aromatic heterocycles. The summed E-state index contributed by atoms with van der Waals surface area (Å²) in [6.45, 7) is 16.8. The molecule has 0 spiro atoms. The van der Waals surface area contributed by atoms with Crippen molar-refractivity contribution in [1.82, 2.24) is 24.8 Å². The topological polar surface area (TPSA) is 121 Å². The summed E-state index contributed by atoms with van der Waals surface area (Å²) < 4.78 is 46.3. The van der Waals surface area contributed by atoms with Crippen LogP contribution in [-0.4, -0.2) is 51.2 Å². The van der Waals surface area contributed by atoms with Crippen molar-refractivity contribution in [1.29, 1.82) is 0 Å². The number of aliphatic hydroxyl groups excluding tert-OH is 1. The van der Waals surface area contributed by atoms with Gasteiger partial charge in [-0.3, -0.25) is 0 Å². The molecule has 10 nitrogen and oxygen atoms in total. The fraction of sp³-hybridized carbons (Fsp3) is 0.500. The van der Waals surface area contributed by atoms with Crippen LogP contribution in [0.4, 0.5) is 13.6 Å². The first kappa shape index (κ1) is 36.3. The molecule has 264 valence electrons. The molecule has 0 unspecified atom stereocenters. The Bertz CT molecular complexity index is 1830. The maximum atomic E-state index is 13.6. The maximum absolute atomic E-state index is 13.6. The number of carbonyl (C=O) groups excluding carboxylic acids is 1. The van der Waals surface area contributed by atoms with Gasteiger partial charge in [0.15, 0.2) is 14.1 Å². The molecular weight excluding hydrogens is 649 g/mol. The number of amides is 1. The smallest absolute Gasteiger partial charge is 0.408 e. The molecule has 1 amide bonds. The minimum atomic E-state index is -3.07. The Morgan fingerprint density at radius 2 is 1.71 bits per heavy atom. The summed E-state index contributed by atoms with van der Waals surface area (Å²) in [7, 11) is -2.11. The van der Waals surface area contributed by atoms with Gasteiger partial charge in [-0.15, -0.1) is 0 Å². The van der Waals surface area contributed by atoms with E-state index in [1.54, 1.807) is 45.3 Å². The number of alkyl carbamates (subject to hydrolysis) is 1. The molecule has 4 aromatic rings. The lowest BCUT2D eigenvalue weighted by Crippen LogP contribution is -2.46. The Labute approximate surface area is 287 Å². The highest BCUT2D eigenvalue weighted by Gasteiger charge is 2.43. The summed E-state index contributed by atoms with van der Waals surface area (Å²) in [5.74, 6) is 1.05. The van der Waals surface area contributed by atoms with E-state index in [0.29, 0.717) is 33.8 Å². The zero-order valence-electron chi connectivity index (χ0n) is 29.9. The van der Waals surface area contributed by atoms with Gasteiger partial charge in [0, 0.05) is 29.9 Å². The fourth-order valence-electron chi connectivity index (χ4n) is 6.05. The van der Waals surface area contributed by atoms with E-state index in [-0.39, 0.29) is 17.2 Å². The summed E-state index contributed by atoms with van der Waals surface area (Å²) in [5.41, 5.74) is 2.30. The zero-order valence-corrected chi connectivity index (χ0v) is 30.9. The minimum Gasteiger partial charge on any atom is -0.444 e. The second-order valence-corrected chi connectivity index (χ2v) is 20.3. The van der Waals surface area contributed by atoms with Crippen LogP contribution in [0.5, 0.6) is 5.75 Å². The van der Waals surface area contributed by atoms with Crippen molar-refractivity contribution in [2.45, 2.75) is 116 Å². The van der Waals surface area contributed by atoms with Gasteiger partial charge in [-0.1, -0.05) is 39.0 Å². The summed E-state index contributed by atoms with van der Waals surface area (Å²) in [6.07, 6.45) is 3.16. The number of aromatic nitrogens is 4. The van der Waals surface area contributed by atoms with Gasteiger partial charge >= 0.3 is 12.7 Å². The Morgan fingerprint density at radius 3 is 2.31 bits per heavy atom. The first-order chi connectivity index (χ1) is 22.7. The highest BCUT2D eigenvalue weighted by molar-refractivity contribution is 6.74. The van der Waals surface area contributed by atoms with E-state index in [1.165, 1.54) is 6.07 Å². The Morgan fingerprint density at radius 1 is 1.04 bits per heavy atom. The van der Waals surface area contributed by atoms with Crippen molar-refractivity contribution in [3.8, 4) is 16.9 Å². The van der Waals surface area contributed by atoms with Crippen LogP contribution in [-0.2, 0) is 21.4 Å². The highest BCUT2D eigenvalue weighted by Crippen LogP contribution is 2.46. The van der Waals surface area contributed by atoms with Gasteiger partial charge in [-0.2, -0.15) is 8.78 Å². The van der Waals surface area contributed by atoms with Gasteiger partial charge in [0.05, 0.1) is 29.7 Å². The fourth-order valence-corrected chi connectivity index (χ4v) is 7.72. The molecule has 0 saturated heterocycles. The minimum absolute atomic E-state index is 0.0223. The summed E-state index contributed by atoms with van der Waals surface area (Å²) in [6, 6.07) is 9.18. The van der Waals surface area contributed by atoms with E-state index in [1.807, 2.05) is 36.6 Å². The number of benzene rings is 2. The number of hydrogen-bond donors (Lipinski definition) is 2. The predicted octanol–water partition coefficient (Wildman–Crippen LogP) is 8.40. The molecule has 1 aliphatic rings. The molecular formula is C36H47F2N5O5Si. The third kappa shape index (κ3) is 7.63. The highest BCUT2D eigenvalue weighted by atomic mass is 28.4. The molecule has 0 saturated carbocycles. The average molecular weight is 696 g/mol. The molecule has 49 heavy (non-hydrogen) atoms. The third-order valence-corrected chi connectivity index (χ3v) is 13.8. The van der Waals surface area contributed by atoms with Gasteiger partial charge in [-0.25, -0.2) is 19.7 Å². The van der Waals surface area contributed by atoms with E-state index in [0.717, 1.165) is 11.1 Å². The Balaban J connectivity index is 1.58. The largest absolute Gasteiger partial charge is 0.444 e. The van der Waals surface area contributed by atoms with Crippen LogP contribution < -0.4 is 10.1 Å². The van der Waals surface area contributed by atoms with E-state index in [2.05, 4.69) is 39.2 Å². The van der Waals surface area contributed by atoms with Crippen LogP contribution in [0.2, 0.25) is 18.1 Å². The van der Waals surface area contributed by atoms with Gasteiger partial charge < -0.3 is 28.9 Å². The van der Waals surface area contributed by atoms with Crippen molar-refractivity contribution in [3.05, 3.63) is 71.6 Å². The van der Waals surface area contributed by atoms with Gasteiger partial charge in [0.2, 0.25) is 0 Å². The van der Waals surface area contributed by atoms with E-state index < -0.39 is 50.9 Å². The van der Waals surface area contributed by atoms with Crippen molar-refractivity contribution in [2.75, 3.05) is 0 Å².